The number of nitrogens with one attached hydrogen (secondary N) is 1. The molecular formula is C27H28N2O6. The summed E-state index contributed by atoms with van der Waals surface area (Å²) in [5, 5.41) is 13.4. The molecule has 0 bridgehead atoms. The summed E-state index contributed by atoms with van der Waals surface area (Å²) in [6, 6.07) is 14.0. The van der Waals surface area contributed by atoms with E-state index in [1.807, 2.05) is 6.07 Å². The maximum Gasteiger partial charge on any atom is 0.248 e. The van der Waals surface area contributed by atoms with Crippen LogP contribution in [0.4, 0.5) is 11.4 Å². The van der Waals surface area contributed by atoms with E-state index in [0.29, 0.717) is 28.5 Å². The fourth-order valence-electron chi connectivity index (χ4n) is 3.41. The summed E-state index contributed by atoms with van der Waals surface area (Å²) < 4.78 is 21.4. The van der Waals surface area contributed by atoms with Gasteiger partial charge in [0.15, 0.2) is 23.0 Å². The number of ether oxygens (including phenoxy) is 4. The van der Waals surface area contributed by atoms with Gasteiger partial charge in [-0.3, -0.25) is 4.79 Å². The number of carbonyl (C=O) groups excluding carboxylic acids is 1. The van der Waals surface area contributed by atoms with Crippen molar-refractivity contribution in [2.24, 2.45) is 0 Å². The first-order valence-corrected chi connectivity index (χ1v) is 10.6. The second kappa shape index (κ2) is 11.5. The number of phenolic OH excluding ortho intramolecular Hbond substituents is 1. The predicted octanol–water partition coefficient (Wildman–Crippen LogP) is 4.83. The molecule has 8 nitrogen and oxygen atoms in total. The van der Waals surface area contributed by atoms with Crippen LogP contribution in [0.1, 0.15) is 16.7 Å². The van der Waals surface area contributed by atoms with Gasteiger partial charge in [-0.2, -0.15) is 0 Å². The van der Waals surface area contributed by atoms with Crippen molar-refractivity contribution < 1.29 is 28.8 Å². The van der Waals surface area contributed by atoms with Gasteiger partial charge in [0.05, 0.1) is 34.1 Å². The van der Waals surface area contributed by atoms with E-state index in [9.17, 15) is 9.90 Å². The number of benzene rings is 3. The van der Waals surface area contributed by atoms with Crippen molar-refractivity contribution in [2.75, 3.05) is 39.5 Å². The molecule has 3 aromatic rings. The number of rotatable bonds is 9. The van der Waals surface area contributed by atoms with Gasteiger partial charge in [0.1, 0.15) is 0 Å². The van der Waals surface area contributed by atoms with Crippen LogP contribution < -0.4 is 30.0 Å². The van der Waals surface area contributed by atoms with Gasteiger partial charge in [-0.15, -0.1) is 0 Å². The fourth-order valence-corrected chi connectivity index (χ4v) is 3.41. The van der Waals surface area contributed by atoms with E-state index in [1.165, 1.54) is 34.5 Å². The summed E-state index contributed by atoms with van der Waals surface area (Å²) >= 11 is 0. The lowest BCUT2D eigenvalue weighted by Crippen LogP contribution is -2.09. The highest BCUT2D eigenvalue weighted by atomic mass is 16.5. The topological polar surface area (TPSA) is 112 Å². The molecule has 0 heterocycles. The lowest BCUT2D eigenvalue weighted by Gasteiger charge is -2.14. The Bertz CT molecular complexity index is 1240. The molecule has 1 amide bonds. The van der Waals surface area contributed by atoms with Gasteiger partial charge in [-0.25, -0.2) is 0 Å². The molecule has 0 fully saturated rings. The summed E-state index contributed by atoms with van der Waals surface area (Å²) in [4.78, 5) is 12.6. The molecule has 8 heteroatoms. The molecular weight excluding hydrogens is 448 g/mol. The largest absolute Gasteiger partial charge is 0.503 e. The first-order chi connectivity index (χ1) is 16.9. The number of hydrogen-bond acceptors (Lipinski definition) is 7. The van der Waals surface area contributed by atoms with Crippen molar-refractivity contribution in [3.63, 3.8) is 0 Å². The number of aromatic hydroxyl groups is 1. The van der Waals surface area contributed by atoms with Crippen LogP contribution in [0.15, 0.2) is 54.6 Å². The van der Waals surface area contributed by atoms with Crippen LogP contribution in [0.2, 0.25) is 0 Å². The van der Waals surface area contributed by atoms with Crippen LogP contribution in [0.5, 0.6) is 28.7 Å². The Balaban J connectivity index is 1.93. The first-order valence-electron chi connectivity index (χ1n) is 10.6. The van der Waals surface area contributed by atoms with Crippen LogP contribution in [0.25, 0.3) is 18.2 Å². The molecule has 3 rings (SSSR count). The van der Waals surface area contributed by atoms with E-state index in [2.05, 4.69) is 5.32 Å². The Morgan fingerprint density at radius 3 is 2.11 bits per heavy atom. The van der Waals surface area contributed by atoms with E-state index >= 15 is 0 Å². The third-order valence-corrected chi connectivity index (χ3v) is 5.12. The number of phenols is 1. The van der Waals surface area contributed by atoms with Crippen molar-refractivity contribution in [2.45, 2.75) is 0 Å². The zero-order chi connectivity index (χ0) is 25.4. The van der Waals surface area contributed by atoms with Gasteiger partial charge in [0, 0.05) is 17.3 Å². The molecule has 0 radical (unpaired) electrons. The molecule has 0 aliphatic heterocycles. The van der Waals surface area contributed by atoms with Crippen LogP contribution in [-0.2, 0) is 4.79 Å². The van der Waals surface area contributed by atoms with E-state index in [-0.39, 0.29) is 17.2 Å². The molecule has 182 valence electrons. The summed E-state index contributed by atoms with van der Waals surface area (Å²) in [7, 11) is 6.05. The van der Waals surface area contributed by atoms with Gasteiger partial charge < -0.3 is 35.1 Å². The second-order valence-electron chi connectivity index (χ2n) is 7.37. The second-order valence-corrected chi connectivity index (χ2v) is 7.37. The Morgan fingerprint density at radius 1 is 0.829 bits per heavy atom. The van der Waals surface area contributed by atoms with Crippen molar-refractivity contribution in [3.05, 3.63) is 71.3 Å². The molecule has 0 aliphatic carbocycles. The lowest BCUT2D eigenvalue weighted by atomic mass is 10.1. The van der Waals surface area contributed by atoms with Gasteiger partial charge in [-0.05, 0) is 53.6 Å². The zero-order valence-corrected chi connectivity index (χ0v) is 20.0. The van der Waals surface area contributed by atoms with E-state index in [4.69, 9.17) is 24.7 Å². The van der Waals surface area contributed by atoms with Crippen LogP contribution in [0, 0.1) is 0 Å². The number of amides is 1. The standard InChI is InChI=1S/C27H28N2O6/c1-32-21-12-11-19(10-8-18-15-22(33-2)27(35-4)23(16-18)34-3)25(26(21)31)29-24(30)13-9-17-6-5-7-20(28)14-17/h5-16,31H,28H2,1-4H3,(H,29,30)/b10-8?,13-9+. The van der Waals surface area contributed by atoms with E-state index in [1.54, 1.807) is 60.7 Å². The van der Waals surface area contributed by atoms with Crippen molar-refractivity contribution in [3.8, 4) is 28.7 Å². The molecule has 0 atom stereocenters. The number of nitrogens with two attached hydrogens (primary N) is 1. The van der Waals surface area contributed by atoms with E-state index < -0.39 is 5.91 Å². The van der Waals surface area contributed by atoms with Gasteiger partial charge in [0.25, 0.3) is 0 Å². The molecule has 0 aromatic heterocycles. The van der Waals surface area contributed by atoms with Gasteiger partial charge >= 0.3 is 0 Å². The highest BCUT2D eigenvalue weighted by Gasteiger charge is 2.15. The number of nitrogen functional groups attached to an aromatic ring is 1. The first kappa shape index (κ1) is 25.0. The maximum atomic E-state index is 12.6. The summed E-state index contributed by atoms with van der Waals surface area (Å²) in [5.41, 5.74) is 8.67. The SMILES string of the molecule is COc1ccc(C=Cc2cc(OC)c(OC)c(OC)c2)c(NC(=O)/C=C/c2cccc(N)c2)c1O. The van der Waals surface area contributed by atoms with Crippen molar-refractivity contribution in [1.29, 1.82) is 0 Å². The molecule has 3 aromatic carbocycles. The van der Waals surface area contributed by atoms with E-state index in [0.717, 1.165) is 11.1 Å². The lowest BCUT2D eigenvalue weighted by molar-refractivity contribution is -0.111. The third-order valence-electron chi connectivity index (χ3n) is 5.12. The van der Waals surface area contributed by atoms with Crippen LogP contribution in [0.3, 0.4) is 0 Å². The highest BCUT2D eigenvalue weighted by Crippen LogP contribution is 2.40. The predicted molar refractivity (Wildman–Crippen MR) is 138 cm³/mol. The summed E-state index contributed by atoms with van der Waals surface area (Å²) in [6.45, 7) is 0. The Hall–Kier alpha value is -4.59. The smallest absolute Gasteiger partial charge is 0.248 e. The fraction of sp³-hybridized carbons (Fsp3) is 0.148. The summed E-state index contributed by atoms with van der Waals surface area (Å²) in [6.07, 6.45) is 6.54. The minimum atomic E-state index is -0.432. The van der Waals surface area contributed by atoms with Crippen LogP contribution in [-0.4, -0.2) is 39.5 Å². The van der Waals surface area contributed by atoms with Gasteiger partial charge in [-0.1, -0.05) is 24.3 Å². The molecule has 0 spiro atoms. The minimum absolute atomic E-state index is 0.190. The Morgan fingerprint density at radius 2 is 1.51 bits per heavy atom. The van der Waals surface area contributed by atoms with Crippen molar-refractivity contribution >= 4 is 35.5 Å². The minimum Gasteiger partial charge on any atom is -0.503 e. The Labute approximate surface area is 204 Å². The monoisotopic (exact) mass is 476 g/mol. The number of anilines is 2. The quantitative estimate of drug-likeness (QED) is 0.175. The number of hydrogen-bond donors (Lipinski definition) is 3. The Kier molecular flexibility index (Phi) is 8.24. The average Bonchev–Trinajstić information content (AvgIpc) is 2.87. The number of methoxy groups -OCH3 is 4. The van der Waals surface area contributed by atoms with Crippen LogP contribution >= 0.6 is 0 Å². The third kappa shape index (κ3) is 6.05. The van der Waals surface area contributed by atoms with Crippen molar-refractivity contribution in [1.82, 2.24) is 0 Å². The molecule has 0 unspecified atom stereocenters. The maximum absolute atomic E-state index is 12.6. The average molecular weight is 477 g/mol. The molecule has 0 saturated heterocycles. The zero-order valence-electron chi connectivity index (χ0n) is 20.0. The van der Waals surface area contributed by atoms with Gasteiger partial charge in [0.2, 0.25) is 11.7 Å². The number of carbonyl (C=O) groups is 1. The molecule has 0 saturated carbocycles. The molecule has 0 aliphatic rings. The summed E-state index contributed by atoms with van der Waals surface area (Å²) in [5.74, 6) is 1.09. The highest BCUT2D eigenvalue weighted by molar-refractivity contribution is 6.04. The molecule has 35 heavy (non-hydrogen) atoms. The molecule has 4 N–H and O–H groups in total. The normalized spacial score (nSPS) is 11.0.